The standard InChI is InChI=1S/C23H22ClNO4S/c1-4-28-23(26)22-15(2)11-21(30-22)25-13-17-7-10-19(20(12-17)27-3)29-14-16-5-8-18(24)9-6-16/h5-13H,4,14H2,1-3H3. The number of rotatable bonds is 8. The summed E-state index contributed by atoms with van der Waals surface area (Å²) in [5, 5.41) is 1.42. The molecule has 30 heavy (non-hydrogen) atoms. The Labute approximate surface area is 184 Å². The molecular formula is C23H22ClNO4S. The molecule has 0 aliphatic carbocycles. The lowest BCUT2D eigenvalue weighted by atomic mass is 10.2. The Morgan fingerprint density at radius 1 is 1.13 bits per heavy atom. The lowest BCUT2D eigenvalue weighted by Crippen LogP contribution is -2.03. The van der Waals surface area contributed by atoms with Gasteiger partial charge in [-0.25, -0.2) is 9.79 Å². The highest BCUT2D eigenvalue weighted by molar-refractivity contribution is 7.17. The SMILES string of the molecule is CCOC(=O)c1sc(N=Cc2ccc(OCc3ccc(Cl)cc3)c(OC)c2)cc1C. The summed E-state index contributed by atoms with van der Waals surface area (Å²) in [5.41, 5.74) is 2.72. The Morgan fingerprint density at radius 3 is 2.60 bits per heavy atom. The van der Waals surface area contributed by atoms with Gasteiger partial charge in [0.2, 0.25) is 0 Å². The van der Waals surface area contributed by atoms with Gasteiger partial charge in [-0.2, -0.15) is 0 Å². The van der Waals surface area contributed by atoms with Crippen molar-refractivity contribution in [2.75, 3.05) is 13.7 Å². The average Bonchev–Trinajstić information content (AvgIpc) is 3.13. The molecule has 3 rings (SSSR count). The van der Waals surface area contributed by atoms with Crippen molar-refractivity contribution in [1.29, 1.82) is 0 Å². The summed E-state index contributed by atoms with van der Waals surface area (Å²) < 4.78 is 16.4. The number of halogens is 1. The van der Waals surface area contributed by atoms with Crippen molar-refractivity contribution in [2.45, 2.75) is 20.5 Å². The second-order valence-corrected chi connectivity index (χ2v) is 7.87. The number of hydrogen-bond donors (Lipinski definition) is 0. The molecule has 2 aromatic carbocycles. The van der Waals surface area contributed by atoms with Crippen LogP contribution in [0.4, 0.5) is 5.00 Å². The molecule has 0 spiro atoms. The number of thiophene rings is 1. The lowest BCUT2D eigenvalue weighted by molar-refractivity contribution is 0.0531. The summed E-state index contributed by atoms with van der Waals surface area (Å²) in [6.07, 6.45) is 1.73. The molecule has 0 N–H and O–H groups in total. The van der Waals surface area contributed by atoms with Gasteiger partial charge in [-0.05, 0) is 66.9 Å². The van der Waals surface area contributed by atoms with Gasteiger partial charge in [0.05, 0.1) is 13.7 Å². The highest BCUT2D eigenvalue weighted by Crippen LogP contribution is 2.31. The summed E-state index contributed by atoms with van der Waals surface area (Å²) in [7, 11) is 1.60. The first kappa shape index (κ1) is 21.9. The fraction of sp³-hybridized carbons (Fsp3) is 0.217. The molecule has 1 aromatic heterocycles. The number of carbonyl (C=O) groups excluding carboxylic acids is 1. The third-order valence-electron chi connectivity index (χ3n) is 4.20. The summed E-state index contributed by atoms with van der Waals surface area (Å²) >= 11 is 7.22. The van der Waals surface area contributed by atoms with Crippen LogP contribution in [0.1, 0.15) is 33.3 Å². The number of methoxy groups -OCH3 is 1. The normalized spacial score (nSPS) is 10.9. The zero-order valence-electron chi connectivity index (χ0n) is 17.0. The molecule has 1 heterocycles. The number of benzene rings is 2. The van der Waals surface area contributed by atoms with Crippen LogP contribution in [0.5, 0.6) is 11.5 Å². The molecule has 0 unspecified atom stereocenters. The highest BCUT2D eigenvalue weighted by Gasteiger charge is 2.14. The second-order valence-electron chi connectivity index (χ2n) is 6.40. The van der Waals surface area contributed by atoms with E-state index >= 15 is 0 Å². The fourth-order valence-electron chi connectivity index (χ4n) is 2.69. The van der Waals surface area contributed by atoms with Crippen LogP contribution in [0, 0.1) is 6.92 Å². The molecule has 0 radical (unpaired) electrons. The van der Waals surface area contributed by atoms with Crippen molar-refractivity contribution in [3.05, 3.63) is 75.1 Å². The topological polar surface area (TPSA) is 57.1 Å². The summed E-state index contributed by atoms with van der Waals surface area (Å²) in [6.45, 7) is 4.42. The van der Waals surface area contributed by atoms with Crippen molar-refractivity contribution >= 4 is 40.1 Å². The van der Waals surface area contributed by atoms with Gasteiger partial charge in [0.25, 0.3) is 0 Å². The van der Waals surface area contributed by atoms with E-state index in [-0.39, 0.29) is 5.97 Å². The van der Waals surface area contributed by atoms with Crippen LogP contribution >= 0.6 is 22.9 Å². The first-order valence-corrected chi connectivity index (χ1v) is 10.6. The molecule has 0 saturated carbocycles. The number of carbonyl (C=O) groups is 1. The minimum absolute atomic E-state index is 0.315. The van der Waals surface area contributed by atoms with Crippen LogP contribution in [0.3, 0.4) is 0 Å². The molecule has 0 aliphatic rings. The fourth-order valence-corrected chi connectivity index (χ4v) is 3.73. The predicted octanol–water partition coefficient (Wildman–Crippen LogP) is 6.22. The minimum Gasteiger partial charge on any atom is -0.493 e. The van der Waals surface area contributed by atoms with Crippen LogP contribution in [0.2, 0.25) is 5.02 Å². The van der Waals surface area contributed by atoms with Crippen LogP contribution in [-0.2, 0) is 11.3 Å². The van der Waals surface area contributed by atoms with E-state index in [2.05, 4.69) is 4.99 Å². The molecule has 3 aromatic rings. The van der Waals surface area contributed by atoms with E-state index in [1.165, 1.54) is 11.3 Å². The third kappa shape index (κ3) is 5.62. The van der Waals surface area contributed by atoms with Crippen LogP contribution in [0.15, 0.2) is 53.5 Å². The molecule has 0 amide bonds. The number of ether oxygens (including phenoxy) is 3. The highest BCUT2D eigenvalue weighted by atomic mass is 35.5. The number of esters is 1. The van der Waals surface area contributed by atoms with E-state index in [1.54, 1.807) is 20.2 Å². The Balaban J connectivity index is 1.70. The van der Waals surface area contributed by atoms with E-state index in [0.717, 1.165) is 21.7 Å². The summed E-state index contributed by atoms with van der Waals surface area (Å²) in [6, 6.07) is 15.0. The van der Waals surface area contributed by atoms with Gasteiger partial charge in [0.1, 0.15) is 16.5 Å². The minimum atomic E-state index is -0.315. The van der Waals surface area contributed by atoms with Gasteiger partial charge >= 0.3 is 5.97 Å². The Bertz CT molecular complexity index is 1040. The van der Waals surface area contributed by atoms with E-state index < -0.39 is 0 Å². The van der Waals surface area contributed by atoms with Crippen molar-refractivity contribution in [3.8, 4) is 11.5 Å². The van der Waals surface area contributed by atoms with Gasteiger partial charge in [-0.15, -0.1) is 11.3 Å². The predicted molar refractivity (Wildman–Crippen MR) is 121 cm³/mol. The molecule has 0 atom stereocenters. The third-order valence-corrected chi connectivity index (χ3v) is 5.58. The first-order valence-electron chi connectivity index (χ1n) is 9.37. The van der Waals surface area contributed by atoms with E-state index in [1.807, 2.05) is 55.5 Å². The number of aliphatic imine (C=N–C) groups is 1. The summed E-state index contributed by atoms with van der Waals surface area (Å²) in [4.78, 5) is 17.0. The van der Waals surface area contributed by atoms with Gasteiger partial charge in [-0.3, -0.25) is 0 Å². The van der Waals surface area contributed by atoms with E-state index in [9.17, 15) is 4.79 Å². The zero-order valence-corrected chi connectivity index (χ0v) is 18.5. The van der Waals surface area contributed by atoms with Crippen molar-refractivity contribution in [1.82, 2.24) is 0 Å². The molecule has 156 valence electrons. The smallest absolute Gasteiger partial charge is 0.348 e. The monoisotopic (exact) mass is 443 g/mol. The molecular weight excluding hydrogens is 422 g/mol. The van der Waals surface area contributed by atoms with Gasteiger partial charge < -0.3 is 14.2 Å². The number of aryl methyl sites for hydroxylation is 1. The van der Waals surface area contributed by atoms with Gasteiger partial charge in [0, 0.05) is 11.2 Å². The maximum absolute atomic E-state index is 12.0. The largest absolute Gasteiger partial charge is 0.493 e. The van der Waals surface area contributed by atoms with Gasteiger partial charge in [0.15, 0.2) is 11.5 Å². The van der Waals surface area contributed by atoms with Crippen LogP contribution < -0.4 is 9.47 Å². The summed E-state index contributed by atoms with van der Waals surface area (Å²) in [5.74, 6) is 0.939. The van der Waals surface area contributed by atoms with Crippen molar-refractivity contribution in [2.24, 2.45) is 4.99 Å². The quantitative estimate of drug-likeness (QED) is 0.306. The molecule has 5 nitrogen and oxygen atoms in total. The first-order chi connectivity index (χ1) is 14.5. The Hall–Kier alpha value is -2.83. The van der Waals surface area contributed by atoms with E-state index in [0.29, 0.717) is 34.6 Å². The zero-order chi connectivity index (χ0) is 21.5. The van der Waals surface area contributed by atoms with Crippen LogP contribution in [0.25, 0.3) is 0 Å². The molecule has 0 fully saturated rings. The molecule has 7 heteroatoms. The lowest BCUT2D eigenvalue weighted by Gasteiger charge is -2.11. The van der Waals surface area contributed by atoms with Crippen molar-refractivity contribution < 1.29 is 19.0 Å². The molecule has 0 bridgehead atoms. The van der Waals surface area contributed by atoms with Crippen molar-refractivity contribution in [3.63, 3.8) is 0 Å². The van der Waals surface area contributed by atoms with E-state index in [4.69, 9.17) is 25.8 Å². The number of hydrogen-bond acceptors (Lipinski definition) is 6. The Kier molecular flexibility index (Phi) is 7.49. The molecule has 0 saturated heterocycles. The molecule has 0 aliphatic heterocycles. The Morgan fingerprint density at radius 2 is 1.90 bits per heavy atom. The van der Waals surface area contributed by atoms with Gasteiger partial charge in [-0.1, -0.05) is 23.7 Å². The average molecular weight is 444 g/mol. The van der Waals surface area contributed by atoms with Crippen LogP contribution in [-0.4, -0.2) is 25.9 Å². The maximum atomic E-state index is 12.0. The maximum Gasteiger partial charge on any atom is 0.348 e. The second kappa shape index (κ2) is 10.3. The number of nitrogens with zero attached hydrogens (tertiary/aromatic N) is 1.